The maximum Gasteiger partial charge on any atom is 0.229 e. The summed E-state index contributed by atoms with van der Waals surface area (Å²) in [5, 5.41) is 2.81. The molecule has 6 nitrogen and oxygen atoms in total. The van der Waals surface area contributed by atoms with Gasteiger partial charge in [0.05, 0.1) is 6.10 Å². The fourth-order valence-corrected chi connectivity index (χ4v) is 2.96. The van der Waals surface area contributed by atoms with Crippen LogP contribution in [0.2, 0.25) is 0 Å². The van der Waals surface area contributed by atoms with Crippen LogP contribution >= 0.6 is 0 Å². The Morgan fingerprint density at radius 1 is 1.14 bits per heavy atom. The van der Waals surface area contributed by atoms with Crippen molar-refractivity contribution >= 4 is 17.7 Å². The maximum atomic E-state index is 11.7. The van der Waals surface area contributed by atoms with Crippen LogP contribution in [0.4, 0.5) is 0 Å². The standard InChI is InChI=1S/C16H26N2O4/c19-14(9-11-18-15(20)7-8-16(18)21)17-10-4-12-22-13-5-2-1-3-6-13/h13H,1-12H2,(H,17,19). The van der Waals surface area contributed by atoms with Crippen LogP contribution < -0.4 is 5.32 Å². The summed E-state index contributed by atoms with van der Waals surface area (Å²) in [5.74, 6) is -0.456. The van der Waals surface area contributed by atoms with Gasteiger partial charge in [-0.3, -0.25) is 19.3 Å². The van der Waals surface area contributed by atoms with Gasteiger partial charge in [-0.25, -0.2) is 0 Å². The van der Waals surface area contributed by atoms with E-state index in [1.807, 2.05) is 0 Å². The third-order valence-electron chi connectivity index (χ3n) is 4.27. The van der Waals surface area contributed by atoms with Gasteiger partial charge >= 0.3 is 0 Å². The summed E-state index contributed by atoms with van der Waals surface area (Å²) in [6, 6.07) is 0. The van der Waals surface area contributed by atoms with Crippen LogP contribution in [0.25, 0.3) is 0 Å². The SMILES string of the molecule is O=C(CCN1C(=O)CCC1=O)NCCCOC1CCCCC1. The number of rotatable bonds is 8. The zero-order valence-electron chi connectivity index (χ0n) is 13.1. The van der Waals surface area contributed by atoms with Gasteiger partial charge in [-0.15, -0.1) is 0 Å². The molecule has 0 radical (unpaired) electrons. The van der Waals surface area contributed by atoms with E-state index in [0.29, 0.717) is 19.3 Å². The second kappa shape index (κ2) is 8.88. The minimum atomic E-state index is -0.168. The summed E-state index contributed by atoms with van der Waals surface area (Å²) < 4.78 is 5.79. The first-order chi connectivity index (χ1) is 10.7. The van der Waals surface area contributed by atoms with Crippen molar-refractivity contribution in [3.05, 3.63) is 0 Å². The minimum absolute atomic E-state index is 0.120. The van der Waals surface area contributed by atoms with E-state index in [1.165, 1.54) is 24.2 Å². The van der Waals surface area contributed by atoms with Crippen LogP contribution in [0.15, 0.2) is 0 Å². The highest BCUT2D eigenvalue weighted by molar-refractivity contribution is 6.02. The number of imide groups is 1. The molecule has 2 fully saturated rings. The summed E-state index contributed by atoms with van der Waals surface area (Å²) in [6.07, 6.45) is 8.08. The lowest BCUT2D eigenvalue weighted by Crippen LogP contribution is -2.34. The molecule has 6 heteroatoms. The lowest BCUT2D eigenvalue weighted by Gasteiger charge is -2.21. The van der Waals surface area contributed by atoms with Gasteiger partial charge in [0.25, 0.3) is 0 Å². The molecule has 124 valence electrons. The molecular formula is C16H26N2O4. The molecule has 0 aromatic carbocycles. The third kappa shape index (κ3) is 5.40. The molecule has 0 aromatic heterocycles. The number of carbonyl (C=O) groups excluding carboxylic acids is 3. The van der Waals surface area contributed by atoms with Gasteiger partial charge in [0.2, 0.25) is 17.7 Å². The number of carbonyl (C=O) groups is 3. The molecule has 1 aliphatic heterocycles. The van der Waals surface area contributed by atoms with E-state index in [0.717, 1.165) is 19.3 Å². The van der Waals surface area contributed by atoms with E-state index in [1.54, 1.807) is 0 Å². The summed E-state index contributed by atoms with van der Waals surface area (Å²) >= 11 is 0. The molecule has 0 unspecified atom stereocenters. The monoisotopic (exact) mass is 310 g/mol. The Hall–Kier alpha value is -1.43. The molecule has 0 spiro atoms. The second-order valence-corrected chi connectivity index (χ2v) is 6.02. The molecule has 0 bridgehead atoms. The first kappa shape index (κ1) is 16.9. The van der Waals surface area contributed by atoms with Gasteiger partial charge < -0.3 is 10.1 Å². The van der Waals surface area contributed by atoms with Crippen molar-refractivity contribution in [1.82, 2.24) is 10.2 Å². The van der Waals surface area contributed by atoms with Gasteiger partial charge in [0.15, 0.2) is 0 Å². The molecule has 1 aliphatic carbocycles. The Labute approximate surface area is 131 Å². The van der Waals surface area contributed by atoms with Crippen molar-refractivity contribution in [2.75, 3.05) is 19.7 Å². The summed E-state index contributed by atoms with van der Waals surface area (Å²) in [6.45, 7) is 1.45. The largest absolute Gasteiger partial charge is 0.378 e. The quantitative estimate of drug-likeness (QED) is 0.543. The number of likely N-dealkylation sites (tertiary alicyclic amines) is 1. The first-order valence-corrected chi connectivity index (χ1v) is 8.38. The number of nitrogens with zero attached hydrogens (tertiary/aromatic N) is 1. The Morgan fingerprint density at radius 3 is 2.50 bits per heavy atom. The van der Waals surface area contributed by atoms with Crippen molar-refractivity contribution in [1.29, 1.82) is 0 Å². The van der Waals surface area contributed by atoms with Crippen molar-refractivity contribution in [2.24, 2.45) is 0 Å². The lowest BCUT2D eigenvalue weighted by molar-refractivity contribution is -0.138. The van der Waals surface area contributed by atoms with E-state index in [4.69, 9.17) is 4.74 Å². The predicted octanol–water partition coefficient (Wildman–Crippen LogP) is 1.38. The normalized spacial score (nSPS) is 19.7. The van der Waals surface area contributed by atoms with Crippen LogP contribution in [0.5, 0.6) is 0 Å². The highest BCUT2D eigenvalue weighted by atomic mass is 16.5. The molecule has 1 N–H and O–H groups in total. The fourth-order valence-electron chi connectivity index (χ4n) is 2.96. The van der Waals surface area contributed by atoms with Gasteiger partial charge in [0.1, 0.15) is 0 Å². The number of hydrogen-bond acceptors (Lipinski definition) is 4. The topological polar surface area (TPSA) is 75.7 Å². The molecule has 22 heavy (non-hydrogen) atoms. The smallest absolute Gasteiger partial charge is 0.229 e. The van der Waals surface area contributed by atoms with Crippen molar-refractivity contribution in [3.63, 3.8) is 0 Å². The Kier molecular flexibility index (Phi) is 6.83. The average molecular weight is 310 g/mol. The first-order valence-electron chi connectivity index (χ1n) is 8.38. The zero-order chi connectivity index (χ0) is 15.8. The molecule has 1 saturated heterocycles. The van der Waals surface area contributed by atoms with Crippen molar-refractivity contribution < 1.29 is 19.1 Å². The highest BCUT2D eigenvalue weighted by Gasteiger charge is 2.28. The van der Waals surface area contributed by atoms with Crippen molar-refractivity contribution in [3.8, 4) is 0 Å². The van der Waals surface area contributed by atoms with Gasteiger partial charge in [-0.05, 0) is 19.3 Å². The Balaban J connectivity index is 1.49. The van der Waals surface area contributed by atoms with E-state index in [2.05, 4.69) is 5.32 Å². The van der Waals surface area contributed by atoms with E-state index >= 15 is 0 Å². The van der Waals surface area contributed by atoms with Gasteiger partial charge in [0, 0.05) is 39.0 Å². The molecule has 0 aromatic rings. The number of amides is 3. The van der Waals surface area contributed by atoms with E-state index in [-0.39, 0.29) is 43.5 Å². The van der Waals surface area contributed by atoms with Crippen LogP contribution in [0.3, 0.4) is 0 Å². The number of hydrogen-bond donors (Lipinski definition) is 1. The van der Waals surface area contributed by atoms with E-state index < -0.39 is 0 Å². The van der Waals surface area contributed by atoms with Crippen LogP contribution in [0.1, 0.15) is 57.8 Å². The van der Waals surface area contributed by atoms with Crippen LogP contribution in [-0.2, 0) is 19.1 Å². The predicted molar refractivity (Wildman–Crippen MR) is 81.0 cm³/mol. The van der Waals surface area contributed by atoms with Crippen LogP contribution in [-0.4, -0.2) is 48.4 Å². The molecule has 0 atom stereocenters. The molecular weight excluding hydrogens is 284 g/mol. The summed E-state index contributed by atoms with van der Waals surface area (Å²) in [5.41, 5.74) is 0. The zero-order valence-corrected chi connectivity index (χ0v) is 13.1. The highest BCUT2D eigenvalue weighted by Crippen LogP contribution is 2.20. The third-order valence-corrected chi connectivity index (χ3v) is 4.27. The molecule has 1 saturated carbocycles. The lowest BCUT2D eigenvalue weighted by atomic mass is 9.98. The molecule has 3 amide bonds. The Bertz CT molecular complexity index is 389. The second-order valence-electron chi connectivity index (χ2n) is 6.02. The van der Waals surface area contributed by atoms with Crippen LogP contribution in [0, 0.1) is 0 Å². The summed E-state index contributed by atoms with van der Waals surface area (Å²) in [7, 11) is 0. The minimum Gasteiger partial charge on any atom is -0.378 e. The fraction of sp³-hybridized carbons (Fsp3) is 0.812. The van der Waals surface area contributed by atoms with Gasteiger partial charge in [-0.2, -0.15) is 0 Å². The average Bonchev–Trinajstić information content (AvgIpc) is 2.84. The number of ether oxygens (including phenoxy) is 1. The molecule has 1 heterocycles. The molecule has 2 rings (SSSR count). The molecule has 2 aliphatic rings. The van der Waals surface area contributed by atoms with Gasteiger partial charge in [-0.1, -0.05) is 19.3 Å². The summed E-state index contributed by atoms with van der Waals surface area (Å²) in [4.78, 5) is 35.7. The van der Waals surface area contributed by atoms with E-state index in [9.17, 15) is 14.4 Å². The Morgan fingerprint density at radius 2 is 1.82 bits per heavy atom. The number of nitrogens with one attached hydrogen (secondary N) is 1. The van der Waals surface area contributed by atoms with Crippen molar-refractivity contribution in [2.45, 2.75) is 63.9 Å². The maximum absolute atomic E-state index is 11.7.